The molecule has 1 aromatic rings. The SMILES string of the molecule is CCC(C)[NH2+]CCC(=O)N(CCC(=O)O)Cc1ccccc1.O=C([O-])C(F)(F)F. The first-order valence-electron chi connectivity index (χ1n) is 9.12. The van der Waals surface area contributed by atoms with Crippen molar-refractivity contribution < 1.29 is 43.1 Å². The Morgan fingerprint density at radius 3 is 2.17 bits per heavy atom. The van der Waals surface area contributed by atoms with Crippen LogP contribution in [0.25, 0.3) is 0 Å². The van der Waals surface area contributed by atoms with E-state index in [-0.39, 0.29) is 18.9 Å². The standard InChI is InChI=1S/C17H26N2O3.C2HF3O2/c1-3-14(2)18-11-9-16(20)19(12-10-17(21)22)13-15-7-5-4-6-8-15;3-2(4,5)1(6)7/h4-8,14,18H,3,9-13H2,1-2H3,(H,21,22);(H,6,7). The van der Waals surface area contributed by atoms with Crippen LogP contribution >= 0.6 is 0 Å². The molecule has 7 nitrogen and oxygen atoms in total. The Hall–Kier alpha value is -2.62. The Labute approximate surface area is 167 Å². The number of carbonyl (C=O) groups is 3. The molecule has 0 aliphatic heterocycles. The molecule has 0 spiro atoms. The van der Waals surface area contributed by atoms with Gasteiger partial charge in [-0.15, -0.1) is 0 Å². The van der Waals surface area contributed by atoms with E-state index in [9.17, 15) is 22.8 Å². The van der Waals surface area contributed by atoms with Gasteiger partial charge in [0, 0.05) is 13.1 Å². The number of benzene rings is 1. The number of alkyl halides is 3. The van der Waals surface area contributed by atoms with Crippen molar-refractivity contribution in [3.8, 4) is 0 Å². The fraction of sp³-hybridized carbons (Fsp3) is 0.526. The lowest BCUT2D eigenvalue weighted by atomic mass is 10.2. The summed E-state index contributed by atoms with van der Waals surface area (Å²) in [5.74, 6) is -3.87. The highest BCUT2D eigenvalue weighted by Gasteiger charge is 2.28. The second-order valence-corrected chi connectivity index (χ2v) is 6.39. The number of hydrogen-bond donors (Lipinski definition) is 2. The average molecular weight is 420 g/mol. The molecule has 1 aromatic carbocycles. The Bertz CT molecular complexity index is 638. The highest BCUT2D eigenvalue weighted by molar-refractivity contribution is 5.77. The van der Waals surface area contributed by atoms with Crippen LogP contribution in [0.4, 0.5) is 13.2 Å². The molecule has 0 radical (unpaired) electrons. The first-order valence-corrected chi connectivity index (χ1v) is 9.12. The Balaban J connectivity index is 0.000000956. The Kier molecular flexibility index (Phi) is 12.3. The minimum absolute atomic E-state index is 0.0182. The Morgan fingerprint density at radius 1 is 1.17 bits per heavy atom. The molecule has 10 heteroatoms. The predicted octanol–water partition coefficient (Wildman–Crippen LogP) is 0.541. The molecular weight excluding hydrogens is 393 g/mol. The van der Waals surface area contributed by atoms with Crippen molar-refractivity contribution in [2.24, 2.45) is 0 Å². The van der Waals surface area contributed by atoms with Gasteiger partial charge < -0.3 is 25.2 Å². The highest BCUT2D eigenvalue weighted by Crippen LogP contribution is 2.11. The Morgan fingerprint density at radius 2 is 1.72 bits per heavy atom. The number of carboxylic acid groups (broad SMARTS) is 2. The molecule has 1 unspecified atom stereocenters. The molecule has 0 aromatic heterocycles. The number of rotatable bonds is 10. The van der Waals surface area contributed by atoms with Gasteiger partial charge in [0.2, 0.25) is 5.91 Å². The third kappa shape index (κ3) is 13.2. The normalized spacial score (nSPS) is 11.8. The summed E-state index contributed by atoms with van der Waals surface area (Å²) in [7, 11) is 0. The molecule has 1 amide bonds. The third-order valence-electron chi connectivity index (χ3n) is 3.97. The van der Waals surface area contributed by atoms with E-state index in [1.807, 2.05) is 30.3 Å². The van der Waals surface area contributed by atoms with E-state index in [0.717, 1.165) is 18.5 Å². The molecule has 1 atom stereocenters. The topological polar surface area (TPSA) is 114 Å². The molecule has 0 saturated carbocycles. The third-order valence-corrected chi connectivity index (χ3v) is 3.97. The van der Waals surface area contributed by atoms with Crippen LogP contribution in [-0.2, 0) is 20.9 Å². The van der Waals surface area contributed by atoms with Gasteiger partial charge >= 0.3 is 12.1 Å². The summed E-state index contributed by atoms with van der Waals surface area (Å²) in [5.41, 5.74) is 1.02. The van der Waals surface area contributed by atoms with E-state index >= 15 is 0 Å². The van der Waals surface area contributed by atoms with Crippen molar-refractivity contribution in [2.45, 2.75) is 51.9 Å². The number of carboxylic acids is 2. The summed E-state index contributed by atoms with van der Waals surface area (Å²) < 4.78 is 31.5. The largest absolute Gasteiger partial charge is 0.542 e. The van der Waals surface area contributed by atoms with Gasteiger partial charge in [-0.2, -0.15) is 13.2 Å². The number of amides is 1. The van der Waals surface area contributed by atoms with E-state index in [4.69, 9.17) is 15.0 Å². The lowest BCUT2D eigenvalue weighted by Crippen LogP contribution is -2.89. The van der Waals surface area contributed by atoms with E-state index in [1.54, 1.807) is 4.90 Å². The second-order valence-electron chi connectivity index (χ2n) is 6.39. The van der Waals surface area contributed by atoms with Crippen molar-refractivity contribution in [3.05, 3.63) is 35.9 Å². The molecule has 0 heterocycles. The van der Waals surface area contributed by atoms with Crippen LogP contribution in [0, 0.1) is 0 Å². The number of nitrogens with zero attached hydrogens (tertiary/aromatic N) is 1. The van der Waals surface area contributed by atoms with Crippen molar-refractivity contribution >= 4 is 17.8 Å². The van der Waals surface area contributed by atoms with Crippen molar-refractivity contribution in [1.82, 2.24) is 4.90 Å². The first kappa shape index (κ1) is 26.4. The van der Waals surface area contributed by atoms with Crippen LogP contribution in [0.1, 0.15) is 38.7 Å². The lowest BCUT2D eigenvalue weighted by molar-refractivity contribution is -0.685. The van der Waals surface area contributed by atoms with Gasteiger partial charge in [0.25, 0.3) is 0 Å². The van der Waals surface area contributed by atoms with Crippen LogP contribution < -0.4 is 10.4 Å². The smallest absolute Gasteiger partial charge is 0.430 e. The number of nitrogens with two attached hydrogens (primary N) is 1. The minimum Gasteiger partial charge on any atom is -0.542 e. The predicted molar refractivity (Wildman–Crippen MR) is 96.3 cm³/mol. The lowest BCUT2D eigenvalue weighted by Gasteiger charge is -2.22. The summed E-state index contributed by atoms with van der Waals surface area (Å²) in [5, 5.41) is 19.8. The van der Waals surface area contributed by atoms with Gasteiger partial charge in [-0.1, -0.05) is 37.3 Å². The number of quaternary nitrogens is 1. The fourth-order valence-corrected chi connectivity index (χ4v) is 2.14. The van der Waals surface area contributed by atoms with Gasteiger partial charge in [-0.3, -0.25) is 9.59 Å². The number of hydrogen-bond acceptors (Lipinski definition) is 4. The molecule has 0 bridgehead atoms. The van der Waals surface area contributed by atoms with Gasteiger partial charge in [0.05, 0.1) is 25.4 Å². The quantitative estimate of drug-likeness (QED) is 0.574. The zero-order valence-electron chi connectivity index (χ0n) is 16.4. The van der Waals surface area contributed by atoms with Gasteiger partial charge in [0.15, 0.2) is 0 Å². The van der Waals surface area contributed by atoms with Crippen LogP contribution in [0.5, 0.6) is 0 Å². The molecule has 3 N–H and O–H groups in total. The maximum Gasteiger partial charge on any atom is 0.430 e. The maximum atomic E-state index is 12.3. The number of aliphatic carboxylic acids is 2. The zero-order chi connectivity index (χ0) is 22.4. The van der Waals surface area contributed by atoms with E-state index in [1.165, 1.54) is 0 Å². The summed E-state index contributed by atoms with van der Waals surface area (Å²) in [4.78, 5) is 33.6. The summed E-state index contributed by atoms with van der Waals surface area (Å²) in [6.07, 6.45) is -3.70. The fourth-order valence-electron chi connectivity index (χ4n) is 2.14. The number of halogens is 3. The van der Waals surface area contributed by atoms with E-state index in [2.05, 4.69) is 19.2 Å². The molecular formula is C19H27F3N2O5. The zero-order valence-corrected chi connectivity index (χ0v) is 16.4. The molecule has 0 fully saturated rings. The summed E-state index contributed by atoms with van der Waals surface area (Å²) in [6.45, 7) is 5.73. The highest BCUT2D eigenvalue weighted by atomic mass is 19.4. The van der Waals surface area contributed by atoms with Crippen molar-refractivity contribution in [1.29, 1.82) is 0 Å². The van der Waals surface area contributed by atoms with Crippen molar-refractivity contribution in [2.75, 3.05) is 13.1 Å². The molecule has 0 aliphatic carbocycles. The van der Waals surface area contributed by atoms with E-state index < -0.39 is 18.1 Å². The maximum absolute atomic E-state index is 12.3. The van der Waals surface area contributed by atoms with Crippen LogP contribution in [0.15, 0.2) is 30.3 Å². The van der Waals surface area contributed by atoms with Gasteiger partial charge in [-0.05, 0) is 18.9 Å². The van der Waals surface area contributed by atoms with Crippen molar-refractivity contribution in [3.63, 3.8) is 0 Å². The number of carbonyl (C=O) groups excluding carboxylic acids is 2. The molecule has 164 valence electrons. The molecule has 0 aliphatic rings. The average Bonchev–Trinajstić information content (AvgIpc) is 2.65. The summed E-state index contributed by atoms with van der Waals surface area (Å²) >= 11 is 0. The molecule has 29 heavy (non-hydrogen) atoms. The first-order chi connectivity index (χ1) is 13.5. The van der Waals surface area contributed by atoms with Crippen LogP contribution in [0.3, 0.4) is 0 Å². The molecule has 1 rings (SSSR count). The molecule has 0 saturated heterocycles. The van der Waals surface area contributed by atoms with Crippen LogP contribution in [0.2, 0.25) is 0 Å². The monoisotopic (exact) mass is 420 g/mol. The van der Waals surface area contributed by atoms with Gasteiger partial charge in [-0.25, -0.2) is 0 Å². The second kappa shape index (κ2) is 13.5. The van der Waals surface area contributed by atoms with E-state index in [0.29, 0.717) is 19.0 Å². The summed E-state index contributed by atoms with van der Waals surface area (Å²) in [6, 6.07) is 10.2. The van der Waals surface area contributed by atoms with Gasteiger partial charge in [0.1, 0.15) is 5.97 Å². The van der Waals surface area contributed by atoms with Crippen LogP contribution in [-0.4, -0.2) is 53.2 Å². The minimum atomic E-state index is -5.19.